The van der Waals surface area contributed by atoms with Crippen molar-refractivity contribution in [2.24, 2.45) is 4.99 Å². The first kappa shape index (κ1) is 20.6. The summed E-state index contributed by atoms with van der Waals surface area (Å²) in [6.07, 6.45) is 4.15. The molecule has 0 radical (unpaired) electrons. The molecule has 1 aromatic carbocycles. The zero-order valence-corrected chi connectivity index (χ0v) is 16.0. The van der Waals surface area contributed by atoms with Gasteiger partial charge in [0, 0.05) is 46.5 Å². The summed E-state index contributed by atoms with van der Waals surface area (Å²) in [5, 5.41) is 3.38. The maximum atomic E-state index is 13.0. The van der Waals surface area contributed by atoms with Gasteiger partial charge >= 0.3 is 0 Å². The minimum atomic E-state index is -0.196. The van der Waals surface area contributed by atoms with Crippen molar-refractivity contribution < 1.29 is 13.9 Å². The molecule has 0 spiro atoms. The molecular formula is C20H32FN3O2. The molecule has 0 aliphatic carbocycles. The predicted octanol–water partition coefficient (Wildman–Crippen LogP) is 2.85. The molecule has 26 heavy (non-hydrogen) atoms. The standard InChI is InChI=1S/C20H32FN3O2/c1-3-22-20(23-12-9-17-5-7-18(21)8-6-17)24-13-10-19(11-14-24)26-16-4-15-25-2/h5-8,19H,3-4,9-16H2,1-2H3,(H,22,23). The summed E-state index contributed by atoms with van der Waals surface area (Å²) in [5.74, 6) is 0.769. The zero-order chi connectivity index (χ0) is 18.6. The maximum absolute atomic E-state index is 13.0. The number of methoxy groups -OCH3 is 1. The molecule has 5 nitrogen and oxygen atoms in total. The van der Waals surface area contributed by atoms with Crippen molar-refractivity contribution in [2.75, 3.05) is 46.5 Å². The molecular weight excluding hydrogens is 333 g/mol. The number of ether oxygens (including phenoxy) is 2. The first-order chi connectivity index (χ1) is 12.7. The number of rotatable bonds is 9. The summed E-state index contributed by atoms with van der Waals surface area (Å²) in [6.45, 7) is 7.06. The fourth-order valence-corrected chi connectivity index (χ4v) is 3.06. The molecule has 1 fully saturated rings. The molecule has 1 aliphatic rings. The lowest BCUT2D eigenvalue weighted by Crippen LogP contribution is -2.47. The Morgan fingerprint density at radius 1 is 1.23 bits per heavy atom. The lowest BCUT2D eigenvalue weighted by Gasteiger charge is -2.34. The molecule has 1 aromatic rings. The van der Waals surface area contributed by atoms with Crippen molar-refractivity contribution in [3.05, 3.63) is 35.6 Å². The van der Waals surface area contributed by atoms with Crippen LogP contribution in [0.1, 0.15) is 31.7 Å². The second kappa shape index (κ2) is 11.9. The van der Waals surface area contributed by atoms with E-state index in [1.54, 1.807) is 7.11 Å². The summed E-state index contributed by atoms with van der Waals surface area (Å²) in [7, 11) is 1.72. The Morgan fingerprint density at radius 3 is 2.62 bits per heavy atom. The average molecular weight is 365 g/mol. The number of aliphatic imine (C=N–C) groups is 1. The van der Waals surface area contributed by atoms with Crippen LogP contribution >= 0.6 is 0 Å². The van der Waals surface area contributed by atoms with Crippen molar-refractivity contribution in [3.8, 4) is 0 Å². The lowest BCUT2D eigenvalue weighted by molar-refractivity contribution is 0.00991. The minimum absolute atomic E-state index is 0.196. The highest BCUT2D eigenvalue weighted by atomic mass is 19.1. The van der Waals surface area contributed by atoms with Crippen LogP contribution in [0.25, 0.3) is 0 Å². The molecule has 2 rings (SSSR count). The molecule has 1 aliphatic heterocycles. The Balaban J connectivity index is 1.77. The highest BCUT2D eigenvalue weighted by molar-refractivity contribution is 5.80. The molecule has 6 heteroatoms. The number of benzene rings is 1. The molecule has 1 saturated heterocycles. The average Bonchev–Trinajstić information content (AvgIpc) is 2.67. The van der Waals surface area contributed by atoms with Gasteiger partial charge in [-0.3, -0.25) is 4.99 Å². The molecule has 146 valence electrons. The second-order valence-electron chi connectivity index (χ2n) is 6.52. The highest BCUT2D eigenvalue weighted by Gasteiger charge is 2.21. The molecule has 0 aromatic heterocycles. The van der Waals surface area contributed by atoms with E-state index in [2.05, 4.69) is 17.1 Å². The van der Waals surface area contributed by atoms with Gasteiger partial charge < -0.3 is 19.7 Å². The van der Waals surface area contributed by atoms with E-state index >= 15 is 0 Å². The van der Waals surface area contributed by atoms with Crippen LogP contribution in [0.3, 0.4) is 0 Å². The monoisotopic (exact) mass is 365 g/mol. The van der Waals surface area contributed by atoms with Crippen LogP contribution in [-0.4, -0.2) is 63.5 Å². The van der Waals surface area contributed by atoms with Crippen LogP contribution in [0.5, 0.6) is 0 Å². The molecule has 1 heterocycles. The Kier molecular flexibility index (Phi) is 9.42. The van der Waals surface area contributed by atoms with Gasteiger partial charge in [0.25, 0.3) is 0 Å². The summed E-state index contributed by atoms with van der Waals surface area (Å²) in [6, 6.07) is 6.65. The van der Waals surface area contributed by atoms with E-state index in [9.17, 15) is 4.39 Å². The smallest absolute Gasteiger partial charge is 0.193 e. The zero-order valence-electron chi connectivity index (χ0n) is 16.0. The number of likely N-dealkylation sites (tertiary alicyclic amines) is 1. The number of hydrogen-bond acceptors (Lipinski definition) is 3. The number of nitrogens with zero attached hydrogens (tertiary/aromatic N) is 2. The third kappa shape index (κ3) is 7.30. The number of hydrogen-bond donors (Lipinski definition) is 1. The molecule has 0 bridgehead atoms. The number of guanidine groups is 1. The first-order valence-corrected chi connectivity index (χ1v) is 9.61. The van der Waals surface area contributed by atoms with Crippen molar-refractivity contribution in [1.82, 2.24) is 10.2 Å². The number of nitrogens with one attached hydrogen (secondary N) is 1. The molecule has 1 N–H and O–H groups in total. The number of halogens is 1. The topological polar surface area (TPSA) is 46.1 Å². The number of piperidine rings is 1. The van der Waals surface area contributed by atoms with Crippen LogP contribution < -0.4 is 5.32 Å². The van der Waals surface area contributed by atoms with Crippen molar-refractivity contribution in [3.63, 3.8) is 0 Å². The summed E-state index contributed by atoms with van der Waals surface area (Å²) >= 11 is 0. The molecule has 0 saturated carbocycles. The van der Waals surface area contributed by atoms with Crippen molar-refractivity contribution in [1.29, 1.82) is 0 Å². The molecule has 0 atom stereocenters. The van der Waals surface area contributed by atoms with E-state index in [0.717, 1.165) is 70.1 Å². The highest BCUT2D eigenvalue weighted by Crippen LogP contribution is 2.14. The van der Waals surface area contributed by atoms with E-state index in [1.165, 1.54) is 12.1 Å². The SMILES string of the molecule is CCNC(=NCCc1ccc(F)cc1)N1CCC(OCCCOC)CC1. The van der Waals surface area contributed by atoms with Gasteiger partial charge in [-0.1, -0.05) is 12.1 Å². The minimum Gasteiger partial charge on any atom is -0.385 e. The van der Waals surface area contributed by atoms with Gasteiger partial charge in [-0.05, 0) is 50.3 Å². The van der Waals surface area contributed by atoms with E-state index < -0.39 is 0 Å². The summed E-state index contributed by atoms with van der Waals surface area (Å²) < 4.78 is 23.9. The van der Waals surface area contributed by atoms with Gasteiger partial charge in [-0.2, -0.15) is 0 Å². The van der Waals surface area contributed by atoms with E-state index in [-0.39, 0.29) is 5.82 Å². The van der Waals surface area contributed by atoms with Crippen LogP contribution in [0, 0.1) is 5.82 Å². The summed E-state index contributed by atoms with van der Waals surface area (Å²) in [5.41, 5.74) is 1.11. The van der Waals surface area contributed by atoms with Crippen LogP contribution in [0.4, 0.5) is 4.39 Å². The van der Waals surface area contributed by atoms with Crippen LogP contribution in [0.2, 0.25) is 0 Å². The van der Waals surface area contributed by atoms with Gasteiger partial charge in [0.15, 0.2) is 5.96 Å². The van der Waals surface area contributed by atoms with Gasteiger partial charge in [0.05, 0.1) is 6.10 Å². The van der Waals surface area contributed by atoms with Gasteiger partial charge in [-0.25, -0.2) is 4.39 Å². The van der Waals surface area contributed by atoms with Crippen molar-refractivity contribution in [2.45, 2.75) is 38.7 Å². The second-order valence-corrected chi connectivity index (χ2v) is 6.52. The maximum Gasteiger partial charge on any atom is 0.193 e. The largest absolute Gasteiger partial charge is 0.385 e. The van der Waals surface area contributed by atoms with E-state index in [1.807, 2.05) is 12.1 Å². The normalized spacial score (nSPS) is 16.1. The first-order valence-electron chi connectivity index (χ1n) is 9.61. The van der Waals surface area contributed by atoms with E-state index in [4.69, 9.17) is 14.5 Å². The van der Waals surface area contributed by atoms with Crippen molar-refractivity contribution >= 4 is 5.96 Å². The Bertz CT molecular complexity index is 528. The van der Waals surface area contributed by atoms with Crippen LogP contribution in [0.15, 0.2) is 29.3 Å². The molecule has 0 unspecified atom stereocenters. The fraction of sp³-hybridized carbons (Fsp3) is 0.650. The van der Waals surface area contributed by atoms with Gasteiger partial charge in [0.2, 0.25) is 0 Å². The third-order valence-corrected chi connectivity index (χ3v) is 4.50. The summed E-state index contributed by atoms with van der Waals surface area (Å²) in [4.78, 5) is 7.06. The predicted molar refractivity (Wildman–Crippen MR) is 103 cm³/mol. The third-order valence-electron chi connectivity index (χ3n) is 4.50. The molecule has 0 amide bonds. The Hall–Kier alpha value is -1.66. The lowest BCUT2D eigenvalue weighted by atomic mass is 10.1. The van der Waals surface area contributed by atoms with Crippen LogP contribution in [-0.2, 0) is 15.9 Å². The van der Waals surface area contributed by atoms with Gasteiger partial charge in [-0.15, -0.1) is 0 Å². The van der Waals surface area contributed by atoms with E-state index in [0.29, 0.717) is 12.6 Å². The Morgan fingerprint density at radius 2 is 1.96 bits per heavy atom. The van der Waals surface area contributed by atoms with Gasteiger partial charge in [0.1, 0.15) is 5.82 Å². The fourth-order valence-electron chi connectivity index (χ4n) is 3.06. The quantitative estimate of drug-likeness (QED) is 0.415. The Labute approximate surface area is 156 Å².